The molecule has 0 heterocycles. The summed E-state index contributed by atoms with van der Waals surface area (Å²) >= 11 is 0. The van der Waals surface area contributed by atoms with Crippen molar-refractivity contribution in [3.8, 4) is 0 Å². The average molecular weight is 314 g/mol. The second-order valence-corrected chi connectivity index (χ2v) is 6.93. The summed E-state index contributed by atoms with van der Waals surface area (Å²) in [7, 11) is 2.16. The molecule has 0 aromatic rings. The lowest BCUT2D eigenvalue weighted by molar-refractivity contribution is 0.0421. The zero-order chi connectivity index (χ0) is 16.5. The van der Waals surface area contributed by atoms with Crippen molar-refractivity contribution in [2.24, 2.45) is 0 Å². The third-order valence-corrected chi connectivity index (χ3v) is 4.51. The first-order valence-electron chi connectivity index (χ1n) is 10.0. The van der Waals surface area contributed by atoms with Crippen LogP contribution in [0.1, 0.15) is 97.8 Å². The maximum Gasteiger partial charge on any atom is 0.0673 e. The lowest BCUT2D eigenvalue weighted by Gasteiger charge is -2.19. The monoisotopic (exact) mass is 313 g/mol. The molecule has 0 spiro atoms. The first-order chi connectivity index (χ1) is 10.7. The van der Waals surface area contributed by atoms with Crippen LogP contribution in [0.3, 0.4) is 0 Å². The van der Waals surface area contributed by atoms with E-state index >= 15 is 0 Å². The van der Waals surface area contributed by atoms with Crippen LogP contribution in [0.15, 0.2) is 0 Å². The fraction of sp³-hybridized carbons (Fsp3) is 1.00. The first-order valence-corrected chi connectivity index (χ1v) is 10.0. The predicted octanol–water partition coefficient (Wildman–Crippen LogP) is 6.04. The Morgan fingerprint density at radius 1 is 0.727 bits per heavy atom. The van der Waals surface area contributed by atoms with E-state index in [9.17, 15) is 0 Å². The molecule has 1 atom stereocenters. The van der Waals surface area contributed by atoms with Crippen molar-refractivity contribution in [3.05, 3.63) is 0 Å². The van der Waals surface area contributed by atoms with E-state index in [1.165, 1.54) is 77.0 Å². The van der Waals surface area contributed by atoms with Crippen LogP contribution in [-0.4, -0.2) is 37.7 Å². The third kappa shape index (κ3) is 16.3. The van der Waals surface area contributed by atoms with Crippen LogP contribution >= 0.6 is 0 Å². The number of hydrogen-bond acceptors (Lipinski definition) is 2. The van der Waals surface area contributed by atoms with E-state index in [1.807, 2.05) is 0 Å². The normalized spacial score (nSPS) is 13.0. The SMILES string of the molecule is CCCCCCCCCCCCCCO[C@@H](C)CN(C)CC. The summed E-state index contributed by atoms with van der Waals surface area (Å²) in [5, 5.41) is 0. The van der Waals surface area contributed by atoms with Gasteiger partial charge < -0.3 is 9.64 Å². The Hall–Kier alpha value is -0.0800. The minimum atomic E-state index is 0.373. The van der Waals surface area contributed by atoms with E-state index in [2.05, 4.69) is 32.7 Å². The molecule has 0 saturated carbocycles. The summed E-state index contributed by atoms with van der Waals surface area (Å²) < 4.78 is 5.86. The molecule has 22 heavy (non-hydrogen) atoms. The predicted molar refractivity (Wildman–Crippen MR) is 99.7 cm³/mol. The van der Waals surface area contributed by atoms with Crippen molar-refractivity contribution in [1.82, 2.24) is 4.90 Å². The fourth-order valence-electron chi connectivity index (χ4n) is 2.85. The van der Waals surface area contributed by atoms with Crippen LogP contribution in [0.25, 0.3) is 0 Å². The zero-order valence-corrected chi connectivity index (χ0v) is 16.0. The smallest absolute Gasteiger partial charge is 0.0673 e. The second kappa shape index (κ2) is 17.3. The molecule has 0 rings (SSSR count). The fourth-order valence-corrected chi connectivity index (χ4v) is 2.85. The van der Waals surface area contributed by atoms with Gasteiger partial charge in [-0.15, -0.1) is 0 Å². The summed E-state index contributed by atoms with van der Waals surface area (Å²) in [6, 6.07) is 0. The summed E-state index contributed by atoms with van der Waals surface area (Å²) in [5.74, 6) is 0. The number of ether oxygens (including phenoxy) is 1. The second-order valence-electron chi connectivity index (χ2n) is 6.93. The van der Waals surface area contributed by atoms with Gasteiger partial charge in [0.25, 0.3) is 0 Å². The Bertz CT molecular complexity index is 208. The van der Waals surface area contributed by atoms with Crippen LogP contribution < -0.4 is 0 Å². The molecule has 0 unspecified atom stereocenters. The van der Waals surface area contributed by atoms with Gasteiger partial charge in [0.15, 0.2) is 0 Å². The topological polar surface area (TPSA) is 12.5 Å². The maximum atomic E-state index is 5.86. The molecular formula is C20H43NO. The highest BCUT2D eigenvalue weighted by Gasteiger charge is 2.04. The van der Waals surface area contributed by atoms with Crippen molar-refractivity contribution >= 4 is 0 Å². The average Bonchev–Trinajstić information content (AvgIpc) is 2.51. The van der Waals surface area contributed by atoms with Gasteiger partial charge >= 0.3 is 0 Å². The molecule has 0 saturated heterocycles. The highest BCUT2D eigenvalue weighted by molar-refractivity contribution is 4.56. The van der Waals surface area contributed by atoms with Gasteiger partial charge in [-0.2, -0.15) is 0 Å². The highest BCUT2D eigenvalue weighted by atomic mass is 16.5. The van der Waals surface area contributed by atoms with Crippen molar-refractivity contribution in [2.45, 2.75) is 104 Å². The first kappa shape index (κ1) is 21.9. The highest BCUT2D eigenvalue weighted by Crippen LogP contribution is 2.12. The number of likely N-dealkylation sites (N-methyl/N-ethyl adjacent to an activating group) is 1. The Morgan fingerprint density at radius 3 is 1.64 bits per heavy atom. The molecule has 0 aliphatic heterocycles. The number of hydrogen-bond donors (Lipinski definition) is 0. The van der Waals surface area contributed by atoms with E-state index in [0.29, 0.717) is 6.10 Å². The molecule has 0 aliphatic rings. The molecule has 0 aromatic heterocycles. The van der Waals surface area contributed by atoms with E-state index < -0.39 is 0 Å². The number of unbranched alkanes of at least 4 members (excludes halogenated alkanes) is 11. The van der Waals surface area contributed by atoms with E-state index in [0.717, 1.165) is 19.7 Å². The molecule has 0 bridgehead atoms. The van der Waals surface area contributed by atoms with Crippen molar-refractivity contribution in [1.29, 1.82) is 0 Å². The lowest BCUT2D eigenvalue weighted by atomic mass is 10.1. The number of rotatable bonds is 17. The van der Waals surface area contributed by atoms with Crippen molar-refractivity contribution in [3.63, 3.8) is 0 Å². The molecule has 0 radical (unpaired) electrons. The van der Waals surface area contributed by atoms with Crippen molar-refractivity contribution < 1.29 is 4.74 Å². The van der Waals surface area contributed by atoms with Gasteiger partial charge in [0.2, 0.25) is 0 Å². The molecule has 0 fully saturated rings. The Labute approximate surface area is 141 Å². The van der Waals surface area contributed by atoms with Crippen molar-refractivity contribution in [2.75, 3.05) is 26.7 Å². The minimum absolute atomic E-state index is 0.373. The van der Waals surface area contributed by atoms with Crippen LogP contribution in [0.4, 0.5) is 0 Å². The van der Waals surface area contributed by atoms with E-state index in [-0.39, 0.29) is 0 Å². The number of nitrogens with zero attached hydrogens (tertiary/aromatic N) is 1. The Balaban J connectivity index is 3.11. The third-order valence-electron chi connectivity index (χ3n) is 4.51. The minimum Gasteiger partial charge on any atom is -0.377 e. The van der Waals surface area contributed by atoms with Gasteiger partial charge in [-0.3, -0.25) is 0 Å². The molecule has 0 aliphatic carbocycles. The van der Waals surface area contributed by atoms with Gasteiger partial charge in [-0.1, -0.05) is 84.5 Å². The standard InChI is InChI=1S/C20H43NO/c1-5-7-8-9-10-11-12-13-14-15-16-17-18-22-20(3)19-21(4)6-2/h20H,5-19H2,1-4H3/t20-/m0/s1. The summed E-state index contributed by atoms with van der Waals surface area (Å²) in [4.78, 5) is 2.31. The largest absolute Gasteiger partial charge is 0.377 e. The molecule has 0 amide bonds. The summed E-state index contributed by atoms with van der Waals surface area (Å²) in [6.07, 6.45) is 17.2. The molecule has 0 N–H and O–H groups in total. The van der Waals surface area contributed by atoms with Crippen LogP contribution in [0.2, 0.25) is 0 Å². The summed E-state index contributed by atoms with van der Waals surface area (Å²) in [5.41, 5.74) is 0. The summed E-state index contributed by atoms with van der Waals surface area (Å²) in [6.45, 7) is 9.76. The molecular weight excluding hydrogens is 270 g/mol. The van der Waals surface area contributed by atoms with E-state index in [1.54, 1.807) is 0 Å². The van der Waals surface area contributed by atoms with Gasteiger partial charge in [0.05, 0.1) is 6.10 Å². The van der Waals surface area contributed by atoms with Gasteiger partial charge in [0.1, 0.15) is 0 Å². The van der Waals surface area contributed by atoms with Gasteiger partial charge in [-0.25, -0.2) is 0 Å². The molecule has 2 heteroatoms. The maximum absolute atomic E-state index is 5.86. The molecule has 0 aromatic carbocycles. The molecule has 2 nitrogen and oxygen atoms in total. The Morgan fingerprint density at radius 2 is 1.18 bits per heavy atom. The van der Waals surface area contributed by atoms with Gasteiger partial charge in [0, 0.05) is 13.2 Å². The van der Waals surface area contributed by atoms with Crippen LogP contribution in [0, 0.1) is 0 Å². The zero-order valence-electron chi connectivity index (χ0n) is 16.0. The quantitative estimate of drug-likeness (QED) is 0.303. The van der Waals surface area contributed by atoms with E-state index in [4.69, 9.17) is 4.74 Å². The van der Waals surface area contributed by atoms with Gasteiger partial charge in [-0.05, 0) is 26.9 Å². The van der Waals surface area contributed by atoms with Crippen LogP contribution in [0.5, 0.6) is 0 Å². The Kier molecular flexibility index (Phi) is 17.2. The lowest BCUT2D eigenvalue weighted by Crippen LogP contribution is -2.29. The molecule has 134 valence electrons. The van der Waals surface area contributed by atoms with Crippen LogP contribution in [-0.2, 0) is 4.74 Å².